The monoisotopic (exact) mass is 301 g/mol. The molecule has 0 aliphatic heterocycles. The van der Waals surface area contributed by atoms with Crippen molar-refractivity contribution in [1.29, 1.82) is 0 Å². The quantitative estimate of drug-likeness (QED) is 0.820. The van der Waals surface area contributed by atoms with Crippen LogP contribution < -0.4 is 15.5 Å². The summed E-state index contributed by atoms with van der Waals surface area (Å²) in [5, 5.41) is 5.63. The van der Waals surface area contributed by atoms with Crippen LogP contribution in [0.25, 0.3) is 0 Å². The molecule has 2 rings (SSSR count). The number of anilines is 2. The molecule has 120 valence electrons. The Morgan fingerprint density at radius 1 is 1.18 bits per heavy atom. The highest BCUT2D eigenvalue weighted by molar-refractivity contribution is 5.90. The van der Waals surface area contributed by atoms with E-state index >= 15 is 0 Å². The third-order valence-electron chi connectivity index (χ3n) is 4.24. The van der Waals surface area contributed by atoms with Gasteiger partial charge in [-0.2, -0.15) is 0 Å². The van der Waals surface area contributed by atoms with Crippen LogP contribution in [0.2, 0.25) is 0 Å². The Morgan fingerprint density at radius 3 is 2.41 bits per heavy atom. The minimum absolute atomic E-state index is 0.190. The first-order chi connectivity index (χ1) is 10.7. The first kappa shape index (κ1) is 16.4. The van der Waals surface area contributed by atoms with Crippen LogP contribution in [0.1, 0.15) is 39.5 Å². The highest BCUT2D eigenvalue weighted by Crippen LogP contribution is 2.25. The van der Waals surface area contributed by atoms with Gasteiger partial charge in [0.15, 0.2) is 0 Å². The molecule has 22 heavy (non-hydrogen) atoms. The van der Waals surface area contributed by atoms with E-state index in [1.807, 2.05) is 24.3 Å². The Balaban J connectivity index is 1.81. The zero-order valence-electron chi connectivity index (χ0n) is 13.6. The van der Waals surface area contributed by atoms with Crippen LogP contribution in [0.5, 0.6) is 0 Å². The molecule has 2 amide bonds. The fourth-order valence-electron chi connectivity index (χ4n) is 2.92. The van der Waals surface area contributed by atoms with Crippen molar-refractivity contribution in [1.82, 2.24) is 5.32 Å². The van der Waals surface area contributed by atoms with E-state index in [1.165, 1.54) is 31.4 Å². The van der Waals surface area contributed by atoms with Crippen molar-refractivity contribution in [2.24, 2.45) is 5.92 Å². The molecule has 0 bridgehead atoms. The van der Waals surface area contributed by atoms with Crippen LogP contribution in [0.15, 0.2) is 36.5 Å². The van der Waals surface area contributed by atoms with Crippen molar-refractivity contribution in [3.05, 3.63) is 36.5 Å². The summed E-state index contributed by atoms with van der Waals surface area (Å²) in [6.45, 7) is 6.24. The number of nitrogens with one attached hydrogen (secondary N) is 2. The number of hydrogen-bond acceptors (Lipinski definition) is 2. The molecule has 0 spiro atoms. The summed E-state index contributed by atoms with van der Waals surface area (Å²) >= 11 is 0. The average molecular weight is 301 g/mol. The van der Waals surface area contributed by atoms with Crippen molar-refractivity contribution >= 4 is 17.4 Å². The van der Waals surface area contributed by atoms with E-state index in [2.05, 4.69) is 35.5 Å². The Bertz CT molecular complexity index is 486. The number of urea groups is 1. The highest BCUT2D eigenvalue weighted by atomic mass is 16.2. The van der Waals surface area contributed by atoms with Gasteiger partial charge in [0, 0.05) is 30.7 Å². The Labute approximate surface area is 133 Å². The second kappa shape index (κ2) is 8.47. The summed E-state index contributed by atoms with van der Waals surface area (Å²) in [5.41, 5.74) is 1.99. The number of carbonyl (C=O) groups is 1. The lowest BCUT2D eigenvalue weighted by atomic mass is 10.1. The van der Waals surface area contributed by atoms with E-state index in [-0.39, 0.29) is 6.03 Å². The molecule has 0 heterocycles. The molecule has 4 nitrogen and oxygen atoms in total. The normalized spacial score (nSPS) is 15.2. The van der Waals surface area contributed by atoms with Crippen LogP contribution in [-0.2, 0) is 0 Å². The lowest BCUT2D eigenvalue weighted by Crippen LogP contribution is -2.24. The molecule has 0 unspecified atom stereocenters. The lowest BCUT2D eigenvalue weighted by molar-refractivity contribution is 0.255. The molecule has 0 atom stereocenters. The van der Waals surface area contributed by atoms with E-state index in [1.54, 1.807) is 6.20 Å². The molecule has 2 N–H and O–H groups in total. The highest BCUT2D eigenvalue weighted by Gasteiger charge is 2.11. The summed E-state index contributed by atoms with van der Waals surface area (Å²) in [6.07, 6.45) is 8.98. The van der Waals surface area contributed by atoms with Crippen LogP contribution in [0, 0.1) is 5.92 Å². The topological polar surface area (TPSA) is 44.4 Å². The van der Waals surface area contributed by atoms with Gasteiger partial charge in [0.2, 0.25) is 0 Å². The Kier molecular flexibility index (Phi) is 6.31. The fourth-order valence-corrected chi connectivity index (χ4v) is 2.92. The van der Waals surface area contributed by atoms with E-state index in [9.17, 15) is 4.79 Å². The number of amides is 2. The van der Waals surface area contributed by atoms with E-state index in [0.29, 0.717) is 5.92 Å². The van der Waals surface area contributed by atoms with Gasteiger partial charge in [0.05, 0.1) is 0 Å². The zero-order valence-corrected chi connectivity index (χ0v) is 13.6. The van der Waals surface area contributed by atoms with Crippen LogP contribution in [0.4, 0.5) is 16.2 Å². The molecule has 0 radical (unpaired) electrons. The Morgan fingerprint density at radius 2 is 1.82 bits per heavy atom. The fraction of sp³-hybridized carbons (Fsp3) is 0.500. The molecule has 0 saturated heterocycles. The van der Waals surface area contributed by atoms with Gasteiger partial charge >= 0.3 is 6.03 Å². The molecule has 1 aromatic carbocycles. The molecule has 1 aromatic rings. The summed E-state index contributed by atoms with van der Waals surface area (Å²) in [5.74, 6) is 0.633. The number of rotatable bonds is 6. The summed E-state index contributed by atoms with van der Waals surface area (Å²) < 4.78 is 0. The molecular formula is C18H27N3O. The van der Waals surface area contributed by atoms with Crippen molar-refractivity contribution < 1.29 is 4.79 Å². The Hall–Kier alpha value is -1.97. The minimum atomic E-state index is -0.190. The van der Waals surface area contributed by atoms with E-state index < -0.39 is 0 Å². The predicted molar refractivity (Wildman–Crippen MR) is 93.3 cm³/mol. The van der Waals surface area contributed by atoms with Gasteiger partial charge in [-0.25, -0.2) is 4.79 Å². The third kappa shape index (κ3) is 4.79. The van der Waals surface area contributed by atoms with Crippen LogP contribution in [0.3, 0.4) is 0 Å². The largest absolute Gasteiger partial charge is 0.372 e. The first-order valence-corrected chi connectivity index (χ1v) is 8.32. The molecule has 0 aromatic heterocycles. The maximum Gasteiger partial charge on any atom is 0.323 e. The first-order valence-electron chi connectivity index (χ1n) is 8.32. The summed E-state index contributed by atoms with van der Waals surface area (Å²) in [4.78, 5) is 14.1. The molecule has 1 fully saturated rings. The number of carbonyl (C=O) groups excluding carboxylic acids is 1. The number of hydrogen-bond donors (Lipinski definition) is 2. The van der Waals surface area contributed by atoms with Gasteiger partial charge in [-0.3, -0.25) is 0 Å². The second-order valence-corrected chi connectivity index (χ2v) is 5.72. The van der Waals surface area contributed by atoms with Crippen molar-refractivity contribution in [2.75, 3.05) is 23.3 Å². The van der Waals surface area contributed by atoms with Gasteiger partial charge < -0.3 is 15.5 Å². The lowest BCUT2D eigenvalue weighted by Gasteiger charge is -2.21. The third-order valence-corrected chi connectivity index (χ3v) is 4.24. The summed E-state index contributed by atoms with van der Waals surface area (Å²) in [6, 6.07) is 7.76. The van der Waals surface area contributed by atoms with Crippen molar-refractivity contribution in [3.8, 4) is 0 Å². The average Bonchev–Trinajstić information content (AvgIpc) is 3.03. The smallest absolute Gasteiger partial charge is 0.323 e. The standard InChI is InChI=1S/C18H27N3O/c1-3-21(4-2)17-11-9-16(10-12-17)20-18(22)19-14-13-15-7-5-6-8-15/h9-15H,3-8H2,1-2H3,(H2,19,20,22)/b14-13+. The second-order valence-electron chi connectivity index (χ2n) is 5.72. The van der Waals surface area contributed by atoms with Crippen LogP contribution >= 0.6 is 0 Å². The summed E-state index contributed by atoms with van der Waals surface area (Å²) in [7, 11) is 0. The van der Waals surface area contributed by atoms with Gasteiger partial charge in [0.1, 0.15) is 0 Å². The molecular weight excluding hydrogens is 274 g/mol. The van der Waals surface area contributed by atoms with Gasteiger partial charge in [-0.05, 0) is 56.9 Å². The minimum Gasteiger partial charge on any atom is -0.372 e. The maximum absolute atomic E-state index is 11.8. The van der Waals surface area contributed by atoms with Gasteiger partial charge in [0.25, 0.3) is 0 Å². The SMILES string of the molecule is CCN(CC)c1ccc(NC(=O)N/C=C/C2CCCC2)cc1. The van der Waals surface area contributed by atoms with Crippen molar-refractivity contribution in [3.63, 3.8) is 0 Å². The predicted octanol–water partition coefficient (Wildman–Crippen LogP) is 4.36. The molecule has 1 aliphatic carbocycles. The maximum atomic E-state index is 11.8. The van der Waals surface area contributed by atoms with Gasteiger partial charge in [-0.15, -0.1) is 0 Å². The number of nitrogens with zero attached hydrogens (tertiary/aromatic N) is 1. The number of allylic oxidation sites excluding steroid dienone is 1. The molecule has 1 saturated carbocycles. The number of benzene rings is 1. The van der Waals surface area contributed by atoms with Crippen molar-refractivity contribution in [2.45, 2.75) is 39.5 Å². The zero-order chi connectivity index (χ0) is 15.8. The van der Waals surface area contributed by atoms with Gasteiger partial charge in [-0.1, -0.05) is 18.9 Å². The van der Waals surface area contributed by atoms with E-state index in [0.717, 1.165) is 18.8 Å². The molecule has 1 aliphatic rings. The molecule has 4 heteroatoms. The van der Waals surface area contributed by atoms with Crippen LogP contribution in [-0.4, -0.2) is 19.1 Å². The van der Waals surface area contributed by atoms with E-state index in [4.69, 9.17) is 0 Å².